The van der Waals surface area contributed by atoms with Gasteiger partial charge in [0.25, 0.3) is 0 Å². The minimum absolute atomic E-state index is 0.0551. The number of aliphatic hydroxyl groups excluding tert-OH is 1. The molecule has 0 aliphatic carbocycles. The standard InChI is InChI=1S/C78H154O5/c1-3-5-7-9-11-13-15-17-19-21-23-25-27-29-31-33-35-36-37-38-39-40-41-42-43-45-47-49-51-53-55-57-59-61-63-65-67-69-71-73-78(81)83-76(74-79)75-82-77(80)72-70-68-66-64-62-60-58-56-54-52-50-48-46-44-34-32-30-28-26-24-22-20-18-16-14-12-10-8-6-4-2/h76,79H,3-75H2,1-2H3. The summed E-state index contributed by atoms with van der Waals surface area (Å²) in [6.07, 6.45) is 96.3. The summed E-state index contributed by atoms with van der Waals surface area (Å²) in [6.45, 7) is 4.23. The van der Waals surface area contributed by atoms with E-state index in [1.807, 2.05) is 0 Å². The van der Waals surface area contributed by atoms with Crippen molar-refractivity contribution in [1.82, 2.24) is 0 Å². The van der Waals surface area contributed by atoms with Crippen molar-refractivity contribution in [2.45, 2.75) is 476 Å². The van der Waals surface area contributed by atoms with Crippen LogP contribution in [0, 0.1) is 0 Å². The molecule has 0 heterocycles. The Balaban J connectivity index is 3.33. The van der Waals surface area contributed by atoms with Crippen LogP contribution in [-0.4, -0.2) is 36.4 Å². The van der Waals surface area contributed by atoms with E-state index in [1.54, 1.807) is 0 Å². The first kappa shape index (κ1) is 81.9. The maximum atomic E-state index is 12.4. The molecule has 0 saturated heterocycles. The van der Waals surface area contributed by atoms with E-state index in [-0.39, 0.29) is 25.2 Å². The molecule has 83 heavy (non-hydrogen) atoms. The van der Waals surface area contributed by atoms with Gasteiger partial charge < -0.3 is 14.6 Å². The summed E-state index contributed by atoms with van der Waals surface area (Å²) in [5.41, 5.74) is 0. The van der Waals surface area contributed by atoms with Gasteiger partial charge in [0.05, 0.1) is 6.61 Å². The number of esters is 2. The monoisotopic (exact) mass is 1170 g/mol. The molecule has 5 nitrogen and oxygen atoms in total. The van der Waals surface area contributed by atoms with Crippen molar-refractivity contribution in [3.8, 4) is 0 Å². The van der Waals surface area contributed by atoms with E-state index in [0.29, 0.717) is 12.8 Å². The Bertz CT molecular complexity index is 1190. The molecule has 0 aliphatic rings. The summed E-state index contributed by atoms with van der Waals surface area (Å²) in [5, 5.41) is 9.72. The second-order valence-electron chi connectivity index (χ2n) is 27.2. The van der Waals surface area contributed by atoms with Gasteiger partial charge in [-0.15, -0.1) is 0 Å². The molecule has 1 N–H and O–H groups in total. The van der Waals surface area contributed by atoms with Crippen molar-refractivity contribution < 1.29 is 24.2 Å². The van der Waals surface area contributed by atoms with Gasteiger partial charge in [0.1, 0.15) is 6.61 Å². The number of hydrogen-bond donors (Lipinski definition) is 1. The van der Waals surface area contributed by atoms with Crippen molar-refractivity contribution in [3.63, 3.8) is 0 Å². The summed E-state index contributed by atoms with van der Waals surface area (Å²) < 4.78 is 10.8. The molecule has 0 aromatic heterocycles. The maximum absolute atomic E-state index is 12.4. The molecule has 0 aromatic rings. The largest absolute Gasteiger partial charge is 0.462 e. The zero-order valence-electron chi connectivity index (χ0n) is 57.3. The van der Waals surface area contributed by atoms with Gasteiger partial charge in [0, 0.05) is 12.8 Å². The summed E-state index contributed by atoms with van der Waals surface area (Å²) in [4.78, 5) is 24.7. The SMILES string of the molecule is CCCCCCCCCCCCCCCCCCCCCCCCCCCCCCCCCCCCCCCCCC(=O)OC(CO)COC(=O)CCCCCCCCCCCCCCCCCCCCCCCCCCCCCCCC. The number of aliphatic hydroxyl groups is 1. The van der Waals surface area contributed by atoms with Crippen LogP contribution in [0.2, 0.25) is 0 Å². The Labute approximate surface area is 522 Å². The third-order valence-electron chi connectivity index (χ3n) is 18.7. The van der Waals surface area contributed by atoms with Crippen LogP contribution in [0.1, 0.15) is 470 Å². The highest BCUT2D eigenvalue weighted by molar-refractivity contribution is 5.70. The minimum Gasteiger partial charge on any atom is -0.462 e. The molecule has 0 saturated carbocycles. The molecule has 0 spiro atoms. The predicted octanol–water partition coefficient (Wildman–Crippen LogP) is 27.2. The van der Waals surface area contributed by atoms with E-state index in [0.717, 1.165) is 32.1 Å². The smallest absolute Gasteiger partial charge is 0.306 e. The minimum atomic E-state index is -0.766. The first-order valence-corrected chi connectivity index (χ1v) is 39.1. The Morgan fingerprint density at radius 3 is 0.530 bits per heavy atom. The first-order chi connectivity index (χ1) is 41.1. The lowest BCUT2D eigenvalue weighted by Gasteiger charge is -2.15. The van der Waals surface area contributed by atoms with Crippen molar-refractivity contribution >= 4 is 11.9 Å². The molecular weight excluding hydrogens is 1020 g/mol. The lowest BCUT2D eigenvalue weighted by atomic mass is 10.0. The van der Waals surface area contributed by atoms with E-state index < -0.39 is 6.10 Å². The van der Waals surface area contributed by atoms with Gasteiger partial charge in [-0.05, 0) is 12.8 Å². The zero-order valence-corrected chi connectivity index (χ0v) is 57.3. The van der Waals surface area contributed by atoms with Gasteiger partial charge in [-0.25, -0.2) is 0 Å². The summed E-state index contributed by atoms with van der Waals surface area (Å²) >= 11 is 0. The Kier molecular flexibility index (Phi) is 74.2. The molecule has 496 valence electrons. The first-order valence-electron chi connectivity index (χ1n) is 39.1. The van der Waals surface area contributed by atoms with Gasteiger partial charge >= 0.3 is 11.9 Å². The van der Waals surface area contributed by atoms with Crippen molar-refractivity contribution in [1.29, 1.82) is 0 Å². The summed E-state index contributed by atoms with van der Waals surface area (Å²) in [6, 6.07) is 0. The molecule has 5 heteroatoms. The highest BCUT2D eigenvalue weighted by Crippen LogP contribution is 2.21. The number of unbranched alkanes of at least 4 members (excludes halogenated alkanes) is 67. The highest BCUT2D eigenvalue weighted by atomic mass is 16.6. The van der Waals surface area contributed by atoms with Crippen LogP contribution in [0.3, 0.4) is 0 Å². The molecule has 0 rings (SSSR count). The van der Waals surface area contributed by atoms with Crippen LogP contribution in [-0.2, 0) is 19.1 Å². The number of carbonyl (C=O) groups excluding carboxylic acids is 2. The molecule has 1 unspecified atom stereocenters. The van der Waals surface area contributed by atoms with Crippen LogP contribution >= 0.6 is 0 Å². The van der Waals surface area contributed by atoms with Gasteiger partial charge in [-0.1, -0.05) is 444 Å². The van der Waals surface area contributed by atoms with E-state index in [2.05, 4.69) is 13.8 Å². The number of hydrogen-bond acceptors (Lipinski definition) is 5. The third-order valence-corrected chi connectivity index (χ3v) is 18.7. The summed E-state index contributed by atoms with van der Waals surface area (Å²) in [7, 11) is 0. The van der Waals surface area contributed by atoms with Gasteiger partial charge in [-0.2, -0.15) is 0 Å². The molecule has 0 radical (unpaired) electrons. The topological polar surface area (TPSA) is 72.8 Å². The van der Waals surface area contributed by atoms with Crippen molar-refractivity contribution in [3.05, 3.63) is 0 Å². The number of carbonyl (C=O) groups is 2. The van der Waals surface area contributed by atoms with Gasteiger partial charge in [0.2, 0.25) is 0 Å². The lowest BCUT2D eigenvalue weighted by Crippen LogP contribution is -2.28. The molecule has 1 atom stereocenters. The Morgan fingerprint density at radius 2 is 0.373 bits per heavy atom. The maximum Gasteiger partial charge on any atom is 0.306 e. The summed E-state index contributed by atoms with van der Waals surface area (Å²) in [5.74, 6) is -0.556. The van der Waals surface area contributed by atoms with Crippen LogP contribution in [0.25, 0.3) is 0 Å². The third kappa shape index (κ3) is 73.3. The second-order valence-corrected chi connectivity index (χ2v) is 27.2. The fourth-order valence-electron chi connectivity index (χ4n) is 12.8. The van der Waals surface area contributed by atoms with Crippen LogP contribution in [0.5, 0.6) is 0 Å². The molecular formula is C78H154O5. The van der Waals surface area contributed by atoms with E-state index in [4.69, 9.17) is 9.47 Å². The molecule has 0 amide bonds. The fourth-order valence-corrected chi connectivity index (χ4v) is 12.8. The van der Waals surface area contributed by atoms with Gasteiger partial charge in [0.15, 0.2) is 6.10 Å². The molecule has 0 aliphatic heterocycles. The predicted molar refractivity (Wildman–Crippen MR) is 367 cm³/mol. The van der Waals surface area contributed by atoms with E-state index in [1.165, 1.54) is 411 Å². The lowest BCUT2D eigenvalue weighted by molar-refractivity contribution is -0.161. The fraction of sp³-hybridized carbons (Fsp3) is 0.974. The molecule has 0 aromatic carbocycles. The normalized spacial score (nSPS) is 12.0. The van der Waals surface area contributed by atoms with E-state index in [9.17, 15) is 14.7 Å². The average Bonchev–Trinajstić information content (AvgIpc) is 3.49. The Hall–Kier alpha value is -1.10. The number of rotatable bonds is 75. The van der Waals surface area contributed by atoms with Crippen LogP contribution in [0.4, 0.5) is 0 Å². The second kappa shape index (κ2) is 75.2. The number of ether oxygens (including phenoxy) is 2. The van der Waals surface area contributed by atoms with Crippen molar-refractivity contribution in [2.24, 2.45) is 0 Å². The van der Waals surface area contributed by atoms with E-state index >= 15 is 0 Å². The zero-order chi connectivity index (χ0) is 59.8. The Morgan fingerprint density at radius 1 is 0.229 bits per heavy atom. The van der Waals surface area contributed by atoms with Crippen molar-refractivity contribution in [2.75, 3.05) is 13.2 Å². The van der Waals surface area contributed by atoms with Gasteiger partial charge in [-0.3, -0.25) is 9.59 Å². The quantitative estimate of drug-likeness (QED) is 0.0485. The molecule has 0 fully saturated rings. The van der Waals surface area contributed by atoms with Crippen LogP contribution in [0.15, 0.2) is 0 Å². The molecule has 0 bridgehead atoms. The van der Waals surface area contributed by atoms with Crippen LogP contribution < -0.4 is 0 Å². The average molecular weight is 1170 g/mol. The highest BCUT2D eigenvalue weighted by Gasteiger charge is 2.16.